The van der Waals surface area contributed by atoms with Crippen molar-refractivity contribution in [2.75, 3.05) is 17.2 Å². The Morgan fingerprint density at radius 2 is 1.59 bits per heavy atom. The molecule has 0 aliphatic rings. The molecule has 0 bridgehead atoms. The monoisotopic (exact) mass is 360 g/mol. The summed E-state index contributed by atoms with van der Waals surface area (Å²) in [6.07, 6.45) is 0.376. The van der Waals surface area contributed by atoms with Crippen LogP contribution in [0.1, 0.15) is 19.4 Å². The molecule has 4 heteroatoms. The number of anilines is 2. The van der Waals surface area contributed by atoms with Crippen molar-refractivity contribution in [2.24, 2.45) is 5.92 Å². The quantitative estimate of drug-likeness (QED) is 0.783. The van der Waals surface area contributed by atoms with E-state index in [1.54, 1.807) is 0 Å². The lowest BCUT2D eigenvalue weighted by Crippen LogP contribution is -2.14. The number of amides is 1. The standard InChI is InChI=1S/C18H21BrN2O/c1-13(2)12-20-16-7-9-17(10-8-16)21-18(22)11-14-3-5-15(19)6-4-14/h3-10,13,20H,11-12H2,1-2H3,(H,21,22). The molecule has 0 aliphatic heterocycles. The normalized spacial score (nSPS) is 10.5. The summed E-state index contributed by atoms with van der Waals surface area (Å²) in [5.41, 5.74) is 2.88. The van der Waals surface area contributed by atoms with E-state index in [2.05, 4.69) is 40.4 Å². The molecule has 0 unspecified atom stereocenters. The molecular weight excluding hydrogens is 340 g/mol. The van der Waals surface area contributed by atoms with E-state index in [-0.39, 0.29) is 5.91 Å². The van der Waals surface area contributed by atoms with Crippen LogP contribution in [-0.2, 0) is 11.2 Å². The number of benzene rings is 2. The Morgan fingerprint density at radius 1 is 1.00 bits per heavy atom. The van der Waals surface area contributed by atoms with Gasteiger partial charge in [-0.2, -0.15) is 0 Å². The van der Waals surface area contributed by atoms with Crippen LogP contribution in [0, 0.1) is 5.92 Å². The molecule has 0 aliphatic carbocycles. The van der Waals surface area contributed by atoms with Gasteiger partial charge < -0.3 is 10.6 Å². The number of hydrogen-bond donors (Lipinski definition) is 2. The molecule has 22 heavy (non-hydrogen) atoms. The zero-order chi connectivity index (χ0) is 15.9. The van der Waals surface area contributed by atoms with Crippen molar-refractivity contribution in [3.63, 3.8) is 0 Å². The predicted octanol–water partition coefficient (Wildman–Crippen LogP) is 4.70. The Kier molecular flexibility index (Phi) is 6.01. The topological polar surface area (TPSA) is 41.1 Å². The van der Waals surface area contributed by atoms with Crippen LogP contribution in [0.25, 0.3) is 0 Å². The number of hydrogen-bond acceptors (Lipinski definition) is 2. The third-order valence-corrected chi connectivity index (χ3v) is 3.69. The van der Waals surface area contributed by atoms with Crippen LogP contribution in [0.15, 0.2) is 53.0 Å². The molecule has 0 radical (unpaired) electrons. The Balaban J connectivity index is 1.87. The van der Waals surface area contributed by atoms with Crippen molar-refractivity contribution in [1.29, 1.82) is 0 Å². The summed E-state index contributed by atoms with van der Waals surface area (Å²) in [5, 5.41) is 6.27. The Morgan fingerprint density at radius 3 is 2.18 bits per heavy atom. The minimum absolute atomic E-state index is 0.00906. The maximum absolute atomic E-state index is 12.0. The molecule has 0 spiro atoms. The average molecular weight is 361 g/mol. The van der Waals surface area contributed by atoms with Crippen molar-refractivity contribution < 1.29 is 4.79 Å². The van der Waals surface area contributed by atoms with E-state index in [0.717, 1.165) is 28.0 Å². The highest BCUT2D eigenvalue weighted by Crippen LogP contribution is 2.15. The third kappa shape index (κ3) is 5.53. The van der Waals surface area contributed by atoms with Crippen molar-refractivity contribution in [3.05, 3.63) is 58.6 Å². The van der Waals surface area contributed by atoms with E-state index < -0.39 is 0 Å². The van der Waals surface area contributed by atoms with Gasteiger partial charge >= 0.3 is 0 Å². The maximum atomic E-state index is 12.0. The molecule has 2 aromatic rings. The van der Waals surface area contributed by atoms with Crippen LogP contribution in [-0.4, -0.2) is 12.5 Å². The van der Waals surface area contributed by atoms with Gasteiger partial charge in [0.2, 0.25) is 5.91 Å². The average Bonchev–Trinajstić information content (AvgIpc) is 2.49. The minimum Gasteiger partial charge on any atom is -0.385 e. The van der Waals surface area contributed by atoms with Crippen molar-refractivity contribution in [3.8, 4) is 0 Å². The summed E-state index contributed by atoms with van der Waals surface area (Å²) < 4.78 is 1.01. The van der Waals surface area contributed by atoms with Crippen LogP contribution >= 0.6 is 15.9 Å². The van der Waals surface area contributed by atoms with E-state index in [0.29, 0.717) is 12.3 Å². The first-order chi connectivity index (χ1) is 10.5. The molecule has 2 N–H and O–H groups in total. The van der Waals surface area contributed by atoms with E-state index >= 15 is 0 Å². The van der Waals surface area contributed by atoms with Crippen LogP contribution in [0.2, 0.25) is 0 Å². The largest absolute Gasteiger partial charge is 0.385 e. The van der Waals surface area contributed by atoms with Crippen LogP contribution in [0.3, 0.4) is 0 Å². The van der Waals surface area contributed by atoms with Gasteiger partial charge in [-0.3, -0.25) is 4.79 Å². The van der Waals surface area contributed by atoms with Gasteiger partial charge in [0.05, 0.1) is 6.42 Å². The second kappa shape index (κ2) is 7.99. The van der Waals surface area contributed by atoms with Gasteiger partial charge in [-0.1, -0.05) is 41.9 Å². The molecule has 2 rings (SSSR count). The number of carbonyl (C=O) groups is 1. The van der Waals surface area contributed by atoms with Gasteiger partial charge in [-0.25, -0.2) is 0 Å². The summed E-state index contributed by atoms with van der Waals surface area (Å²) in [6, 6.07) is 15.6. The fraction of sp³-hybridized carbons (Fsp3) is 0.278. The SMILES string of the molecule is CC(C)CNc1ccc(NC(=O)Cc2ccc(Br)cc2)cc1. The van der Waals surface area contributed by atoms with Crippen molar-refractivity contribution in [1.82, 2.24) is 0 Å². The Labute approximate surface area is 140 Å². The molecule has 3 nitrogen and oxygen atoms in total. The molecule has 1 amide bonds. The second-order valence-electron chi connectivity index (χ2n) is 5.70. The molecule has 0 heterocycles. The highest BCUT2D eigenvalue weighted by Gasteiger charge is 2.04. The highest BCUT2D eigenvalue weighted by atomic mass is 79.9. The van der Waals surface area contributed by atoms with E-state index in [1.807, 2.05) is 48.5 Å². The summed E-state index contributed by atoms with van der Waals surface area (Å²) in [6.45, 7) is 5.28. The summed E-state index contributed by atoms with van der Waals surface area (Å²) in [5.74, 6) is 0.593. The van der Waals surface area contributed by atoms with E-state index in [1.165, 1.54) is 0 Å². The number of halogens is 1. The number of nitrogens with one attached hydrogen (secondary N) is 2. The van der Waals surface area contributed by atoms with Crippen LogP contribution in [0.4, 0.5) is 11.4 Å². The maximum Gasteiger partial charge on any atom is 0.228 e. The lowest BCUT2D eigenvalue weighted by molar-refractivity contribution is -0.115. The zero-order valence-electron chi connectivity index (χ0n) is 12.9. The molecule has 116 valence electrons. The van der Waals surface area contributed by atoms with Gasteiger partial charge in [-0.15, -0.1) is 0 Å². The van der Waals surface area contributed by atoms with E-state index in [9.17, 15) is 4.79 Å². The summed E-state index contributed by atoms with van der Waals surface area (Å²) >= 11 is 3.39. The molecule has 0 atom stereocenters. The highest BCUT2D eigenvalue weighted by molar-refractivity contribution is 9.10. The van der Waals surface area contributed by atoms with Crippen molar-refractivity contribution >= 4 is 33.2 Å². The molecule has 0 fully saturated rings. The first-order valence-corrected chi connectivity index (χ1v) is 8.20. The van der Waals surface area contributed by atoms with E-state index in [4.69, 9.17) is 0 Å². The lowest BCUT2D eigenvalue weighted by Gasteiger charge is -2.10. The second-order valence-corrected chi connectivity index (χ2v) is 6.62. The van der Waals surface area contributed by atoms with Crippen molar-refractivity contribution in [2.45, 2.75) is 20.3 Å². The van der Waals surface area contributed by atoms with Gasteiger partial charge in [0, 0.05) is 22.4 Å². The van der Waals surface area contributed by atoms with Gasteiger partial charge in [0.15, 0.2) is 0 Å². The minimum atomic E-state index is -0.00906. The zero-order valence-corrected chi connectivity index (χ0v) is 14.5. The molecular formula is C18H21BrN2O. The molecule has 2 aromatic carbocycles. The van der Waals surface area contributed by atoms with Gasteiger partial charge in [0.1, 0.15) is 0 Å². The van der Waals surface area contributed by atoms with Crippen LogP contribution < -0.4 is 10.6 Å². The first-order valence-electron chi connectivity index (χ1n) is 7.41. The number of carbonyl (C=O) groups excluding carboxylic acids is 1. The molecule has 0 saturated heterocycles. The molecule has 0 saturated carbocycles. The predicted molar refractivity (Wildman–Crippen MR) is 96.2 cm³/mol. The summed E-state index contributed by atoms with van der Waals surface area (Å²) in [7, 11) is 0. The smallest absolute Gasteiger partial charge is 0.228 e. The summed E-state index contributed by atoms with van der Waals surface area (Å²) in [4.78, 5) is 12.0. The Bertz CT molecular complexity index is 606. The Hall–Kier alpha value is -1.81. The number of rotatable bonds is 6. The first kappa shape index (κ1) is 16.6. The third-order valence-electron chi connectivity index (χ3n) is 3.16. The molecule has 0 aromatic heterocycles. The lowest BCUT2D eigenvalue weighted by atomic mass is 10.1. The van der Waals surface area contributed by atoms with Crippen LogP contribution in [0.5, 0.6) is 0 Å². The fourth-order valence-electron chi connectivity index (χ4n) is 1.99. The van der Waals surface area contributed by atoms with Gasteiger partial charge in [-0.05, 0) is 47.9 Å². The van der Waals surface area contributed by atoms with Gasteiger partial charge in [0.25, 0.3) is 0 Å². The fourth-order valence-corrected chi connectivity index (χ4v) is 2.25.